The van der Waals surface area contributed by atoms with Gasteiger partial charge in [0.15, 0.2) is 0 Å². The number of hydrogen-bond acceptors (Lipinski definition) is 7. The third-order valence-electron chi connectivity index (χ3n) is 6.03. The molecule has 4 rings (SSSR count). The van der Waals surface area contributed by atoms with E-state index in [4.69, 9.17) is 0 Å². The van der Waals surface area contributed by atoms with E-state index >= 15 is 0 Å². The SMILES string of the molecule is CCN(CC)c1ccc(NC(=O)[C@@H](Cc2ccccc2)NS(=O)(=O)c2cccc3nsnc23)c(C)c1. The van der Waals surface area contributed by atoms with Crippen LogP contribution in [0.1, 0.15) is 25.0 Å². The zero-order chi connectivity index (χ0) is 25.7. The van der Waals surface area contributed by atoms with E-state index in [-0.39, 0.29) is 16.8 Å². The number of hydrogen-bond donors (Lipinski definition) is 2. The first-order chi connectivity index (χ1) is 17.3. The molecule has 0 saturated heterocycles. The number of amides is 1. The van der Waals surface area contributed by atoms with Crippen LogP contribution in [0.25, 0.3) is 11.0 Å². The Morgan fingerprint density at radius 2 is 1.75 bits per heavy atom. The van der Waals surface area contributed by atoms with Gasteiger partial charge in [-0.05, 0) is 68.7 Å². The summed E-state index contributed by atoms with van der Waals surface area (Å²) in [5.41, 5.74) is 4.23. The lowest BCUT2D eigenvalue weighted by atomic mass is 10.1. The van der Waals surface area contributed by atoms with Crippen molar-refractivity contribution < 1.29 is 13.2 Å². The highest BCUT2D eigenvalue weighted by Crippen LogP contribution is 2.24. The van der Waals surface area contributed by atoms with Gasteiger partial charge >= 0.3 is 0 Å². The van der Waals surface area contributed by atoms with Crippen molar-refractivity contribution >= 4 is 50.1 Å². The van der Waals surface area contributed by atoms with Crippen molar-refractivity contribution in [2.45, 2.75) is 38.1 Å². The van der Waals surface area contributed by atoms with Crippen LogP contribution < -0.4 is 14.9 Å². The lowest BCUT2D eigenvalue weighted by Crippen LogP contribution is -2.45. The maximum Gasteiger partial charge on any atom is 0.243 e. The fourth-order valence-corrected chi connectivity index (χ4v) is 6.04. The largest absolute Gasteiger partial charge is 0.372 e. The molecular weight excluding hydrogens is 494 g/mol. The molecule has 0 spiro atoms. The van der Waals surface area contributed by atoms with Crippen LogP contribution in [0, 0.1) is 6.92 Å². The van der Waals surface area contributed by atoms with Gasteiger partial charge < -0.3 is 10.2 Å². The van der Waals surface area contributed by atoms with Gasteiger partial charge in [0.25, 0.3) is 0 Å². The summed E-state index contributed by atoms with van der Waals surface area (Å²) in [6.45, 7) is 7.87. The van der Waals surface area contributed by atoms with E-state index in [1.165, 1.54) is 6.07 Å². The summed E-state index contributed by atoms with van der Waals surface area (Å²) in [4.78, 5) is 15.7. The second-order valence-corrected chi connectivity index (χ2v) is 10.6. The van der Waals surface area contributed by atoms with Crippen LogP contribution >= 0.6 is 11.7 Å². The minimum Gasteiger partial charge on any atom is -0.372 e. The van der Waals surface area contributed by atoms with Crippen molar-refractivity contribution in [3.8, 4) is 0 Å². The molecule has 0 unspecified atom stereocenters. The van der Waals surface area contributed by atoms with Crippen molar-refractivity contribution in [3.63, 3.8) is 0 Å². The van der Waals surface area contributed by atoms with Crippen molar-refractivity contribution in [2.24, 2.45) is 0 Å². The molecular formula is C26H29N5O3S2. The lowest BCUT2D eigenvalue weighted by Gasteiger charge is -2.23. The number of carbonyl (C=O) groups excluding carboxylic acids is 1. The molecule has 3 aromatic carbocycles. The predicted molar refractivity (Wildman–Crippen MR) is 145 cm³/mol. The molecule has 0 aliphatic heterocycles. The summed E-state index contributed by atoms with van der Waals surface area (Å²) in [6, 6.07) is 18.9. The standard InChI is InChI=1S/C26H29N5O3S2/c1-4-31(5-2)20-14-15-21(18(3)16-20)27-26(32)23(17-19-10-7-6-8-11-19)30-36(33,34)24-13-9-12-22-25(24)29-35-28-22/h6-16,23,30H,4-5,17H2,1-3H3,(H,27,32)/t23-/m1/s1. The fraction of sp³-hybridized carbons (Fsp3) is 0.269. The Morgan fingerprint density at radius 3 is 2.44 bits per heavy atom. The summed E-state index contributed by atoms with van der Waals surface area (Å²) in [5.74, 6) is -0.440. The van der Waals surface area contributed by atoms with E-state index in [1.807, 2.05) is 55.5 Å². The van der Waals surface area contributed by atoms with Crippen LogP contribution in [-0.4, -0.2) is 42.2 Å². The second kappa shape index (κ2) is 11.2. The van der Waals surface area contributed by atoms with E-state index in [1.54, 1.807) is 12.1 Å². The molecule has 0 bridgehead atoms. The van der Waals surface area contributed by atoms with Gasteiger partial charge in [-0.3, -0.25) is 4.79 Å². The van der Waals surface area contributed by atoms with Crippen LogP contribution in [0.2, 0.25) is 0 Å². The van der Waals surface area contributed by atoms with Gasteiger partial charge in [0.05, 0.1) is 11.7 Å². The van der Waals surface area contributed by atoms with Crippen molar-refractivity contribution in [1.82, 2.24) is 13.5 Å². The average Bonchev–Trinajstić information content (AvgIpc) is 3.35. The highest BCUT2D eigenvalue weighted by atomic mass is 32.2. The van der Waals surface area contributed by atoms with Gasteiger partial charge in [-0.2, -0.15) is 13.5 Å². The van der Waals surface area contributed by atoms with Gasteiger partial charge in [0.1, 0.15) is 22.0 Å². The van der Waals surface area contributed by atoms with Gasteiger partial charge in [0.2, 0.25) is 15.9 Å². The van der Waals surface area contributed by atoms with Crippen LogP contribution in [0.15, 0.2) is 71.6 Å². The van der Waals surface area contributed by atoms with E-state index in [2.05, 4.69) is 37.5 Å². The van der Waals surface area contributed by atoms with Crippen LogP contribution in [-0.2, 0) is 21.2 Å². The number of rotatable bonds is 10. The molecule has 0 saturated carbocycles. The van der Waals surface area contributed by atoms with E-state index in [9.17, 15) is 13.2 Å². The summed E-state index contributed by atoms with van der Waals surface area (Å²) in [7, 11) is -4.06. The molecule has 1 heterocycles. The van der Waals surface area contributed by atoms with Crippen LogP contribution in [0.5, 0.6) is 0 Å². The van der Waals surface area contributed by atoms with Gasteiger partial charge in [0, 0.05) is 24.5 Å². The molecule has 1 atom stereocenters. The monoisotopic (exact) mass is 523 g/mol. The van der Waals surface area contributed by atoms with Crippen LogP contribution in [0.3, 0.4) is 0 Å². The number of nitrogens with zero attached hydrogens (tertiary/aromatic N) is 3. The van der Waals surface area contributed by atoms with E-state index < -0.39 is 22.0 Å². The third kappa shape index (κ3) is 5.72. The maximum atomic E-state index is 13.4. The first kappa shape index (κ1) is 25.7. The van der Waals surface area contributed by atoms with Crippen molar-refractivity contribution in [1.29, 1.82) is 0 Å². The molecule has 0 aliphatic rings. The number of anilines is 2. The van der Waals surface area contributed by atoms with Gasteiger partial charge in [-0.1, -0.05) is 36.4 Å². The normalized spacial score (nSPS) is 12.4. The first-order valence-corrected chi connectivity index (χ1v) is 14.0. The number of nitrogens with one attached hydrogen (secondary N) is 2. The second-order valence-electron chi connectivity index (χ2n) is 8.41. The number of benzene rings is 3. The van der Waals surface area contributed by atoms with E-state index in [0.717, 1.165) is 41.6 Å². The Balaban J connectivity index is 1.62. The number of fused-ring (bicyclic) bond motifs is 1. The third-order valence-corrected chi connectivity index (χ3v) is 8.08. The first-order valence-electron chi connectivity index (χ1n) is 11.8. The Kier molecular flexibility index (Phi) is 7.97. The highest BCUT2D eigenvalue weighted by Gasteiger charge is 2.28. The van der Waals surface area contributed by atoms with Gasteiger partial charge in [-0.15, -0.1) is 0 Å². The molecule has 1 amide bonds. The highest BCUT2D eigenvalue weighted by molar-refractivity contribution is 7.89. The topological polar surface area (TPSA) is 104 Å². The number of aryl methyl sites for hydroxylation is 1. The summed E-state index contributed by atoms with van der Waals surface area (Å²) in [6.07, 6.45) is 0.188. The lowest BCUT2D eigenvalue weighted by molar-refractivity contribution is -0.117. The average molecular weight is 524 g/mol. The molecule has 188 valence electrons. The summed E-state index contributed by atoms with van der Waals surface area (Å²) < 4.78 is 37.7. The Hall–Kier alpha value is -3.34. The summed E-state index contributed by atoms with van der Waals surface area (Å²) in [5, 5.41) is 2.93. The molecule has 2 N–H and O–H groups in total. The molecule has 0 aliphatic carbocycles. The molecule has 1 aromatic heterocycles. The smallest absolute Gasteiger partial charge is 0.243 e. The molecule has 0 fully saturated rings. The number of carbonyl (C=O) groups is 1. The summed E-state index contributed by atoms with van der Waals surface area (Å²) >= 11 is 0.946. The van der Waals surface area contributed by atoms with Gasteiger partial charge in [-0.25, -0.2) is 8.42 Å². The van der Waals surface area contributed by atoms with E-state index in [0.29, 0.717) is 11.2 Å². The quantitative estimate of drug-likeness (QED) is 0.320. The zero-order valence-corrected chi connectivity index (χ0v) is 22.1. The number of aromatic nitrogens is 2. The fourth-order valence-electron chi connectivity index (χ4n) is 4.08. The molecule has 4 aromatic rings. The Morgan fingerprint density at radius 1 is 1.00 bits per heavy atom. The zero-order valence-electron chi connectivity index (χ0n) is 20.4. The molecule has 8 nitrogen and oxygen atoms in total. The van der Waals surface area contributed by atoms with Crippen molar-refractivity contribution in [2.75, 3.05) is 23.3 Å². The number of sulfonamides is 1. The molecule has 0 radical (unpaired) electrons. The minimum absolute atomic E-state index is 0.000585. The van der Waals surface area contributed by atoms with Crippen LogP contribution in [0.4, 0.5) is 11.4 Å². The maximum absolute atomic E-state index is 13.4. The van der Waals surface area contributed by atoms with Crippen molar-refractivity contribution in [3.05, 3.63) is 77.9 Å². The Labute approximate surface area is 215 Å². The molecule has 36 heavy (non-hydrogen) atoms. The minimum atomic E-state index is -4.06. The Bertz CT molecular complexity index is 1450. The predicted octanol–water partition coefficient (Wildman–Crippen LogP) is 4.37. The molecule has 10 heteroatoms.